The number of hydrogen-bond acceptors (Lipinski definition) is 4. The zero-order valence-corrected chi connectivity index (χ0v) is 7.22. The van der Waals surface area contributed by atoms with E-state index in [0.29, 0.717) is 5.76 Å². The van der Waals surface area contributed by atoms with E-state index >= 15 is 0 Å². The number of aromatic amines is 2. The van der Waals surface area contributed by atoms with Gasteiger partial charge in [-0.25, -0.2) is 0 Å². The molecule has 5 nitrogen and oxygen atoms in total. The average Bonchev–Trinajstić information content (AvgIpc) is 2.56. The summed E-state index contributed by atoms with van der Waals surface area (Å²) in [6, 6.07) is 3.33. The van der Waals surface area contributed by atoms with Gasteiger partial charge in [-0.1, -0.05) is 0 Å². The van der Waals surface area contributed by atoms with Crippen LogP contribution in [0.4, 0.5) is 0 Å². The number of furan rings is 1. The highest BCUT2D eigenvalue weighted by Crippen LogP contribution is 2.10. The number of H-pyrrole nitrogens is 2. The third-order valence-electron chi connectivity index (χ3n) is 1.47. The largest absolute Gasteiger partial charge is 0.462 e. The fourth-order valence-electron chi connectivity index (χ4n) is 0.928. The van der Waals surface area contributed by atoms with Crippen molar-refractivity contribution in [3.05, 3.63) is 33.5 Å². The Kier molecular flexibility index (Phi) is 1.82. The zero-order valence-electron chi connectivity index (χ0n) is 6.40. The van der Waals surface area contributed by atoms with Crippen LogP contribution in [0.2, 0.25) is 0 Å². The maximum Gasteiger partial charge on any atom is 0.281 e. The standard InChI is InChI=1S/C7H5N3O2S/c11-6-5(4-2-1-3-12-4)9-10-7(13)8-6/h1-3H,(H2,8,10,11,13). The van der Waals surface area contributed by atoms with Crippen LogP contribution in [0.3, 0.4) is 0 Å². The number of nitrogens with one attached hydrogen (secondary N) is 2. The van der Waals surface area contributed by atoms with E-state index in [4.69, 9.17) is 4.42 Å². The summed E-state index contributed by atoms with van der Waals surface area (Å²) in [5.41, 5.74) is -0.169. The molecule has 0 saturated carbocycles. The molecule has 0 bridgehead atoms. The van der Waals surface area contributed by atoms with E-state index in [9.17, 15) is 4.79 Å². The summed E-state index contributed by atoms with van der Waals surface area (Å²) in [5, 5.41) is 6.23. The molecule has 2 N–H and O–H groups in total. The molecule has 0 aliphatic carbocycles. The van der Waals surface area contributed by atoms with Gasteiger partial charge in [0.25, 0.3) is 5.56 Å². The number of aromatic nitrogens is 3. The van der Waals surface area contributed by atoms with Crippen LogP contribution in [-0.4, -0.2) is 15.2 Å². The highest BCUT2D eigenvalue weighted by Gasteiger charge is 2.06. The van der Waals surface area contributed by atoms with Crippen LogP contribution in [0, 0.1) is 4.77 Å². The first-order chi connectivity index (χ1) is 6.27. The summed E-state index contributed by atoms with van der Waals surface area (Å²) in [7, 11) is 0. The predicted octanol–water partition coefficient (Wildman–Crippen LogP) is 1.09. The lowest BCUT2D eigenvalue weighted by Crippen LogP contribution is -2.12. The molecule has 0 saturated heterocycles. The maximum atomic E-state index is 11.3. The maximum absolute atomic E-state index is 11.3. The van der Waals surface area contributed by atoms with Crippen molar-refractivity contribution in [1.29, 1.82) is 0 Å². The van der Waals surface area contributed by atoms with Crippen molar-refractivity contribution in [2.75, 3.05) is 0 Å². The van der Waals surface area contributed by atoms with E-state index in [1.165, 1.54) is 6.26 Å². The molecule has 0 spiro atoms. The summed E-state index contributed by atoms with van der Waals surface area (Å²) >= 11 is 4.68. The van der Waals surface area contributed by atoms with Crippen molar-refractivity contribution in [3.63, 3.8) is 0 Å². The van der Waals surface area contributed by atoms with Gasteiger partial charge in [-0.15, -0.1) is 0 Å². The molecule has 0 atom stereocenters. The molecule has 0 unspecified atom stereocenters. The Balaban J connectivity index is 2.67. The SMILES string of the molecule is O=c1[nH]c(=S)[nH]nc1-c1ccco1. The lowest BCUT2D eigenvalue weighted by molar-refractivity contribution is 0.577. The van der Waals surface area contributed by atoms with Crippen LogP contribution in [0.25, 0.3) is 11.5 Å². The second-order valence-electron chi connectivity index (χ2n) is 2.33. The second kappa shape index (κ2) is 2.98. The Bertz CT molecular complexity index is 511. The third-order valence-corrected chi connectivity index (χ3v) is 1.66. The highest BCUT2D eigenvalue weighted by molar-refractivity contribution is 7.71. The number of nitrogens with zero attached hydrogens (tertiary/aromatic N) is 1. The van der Waals surface area contributed by atoms with Gasteiger partial charge in [-0.2, -0.15) is 5.10 Å². The minimum absolute atomic E-state index is 0.193. The molecule has 2 rings (SSSR count). The Morgan fingerprint density at radius 2 is 2.38 bits per heavy atom. The van der Waals surface area contributed by atoms with Crippen LogP contribution >= 0.6 is 12.2 Å². The highest BCUT2D eigenvalue weighted by atomic mass is 32.1. The summed E-state index contributed by atoms with van der Waals surface area (Å²) < 4.78 is 5.20. The molecule has 0 aromatic carbocycles. The Morgan fingerprint density at radius 1 is 1.54 bits per heavy atom. The molecule has 66 valence electrons. The molecule has 13 heavy (non-hydrogen) atoms. The van der Waals surface area contributed by atoms with E-state index in [1.807, 2.05) is 0 Å². The average molecular weight is 195 g/mol. The van der Waals surface area contributed by atoms with Gasteiger partial charge in [-0.3, -0.25) is 14.9 Å². The molecule has 2 aromatic rings. The van der Waals surface area contributed by atoms with Crippen molar-refractivity contribution >= 4 is 12.2 Å². The van der Waals surface area contributed by atoms with Gasteiger partial charge in [0, 0.05) is 0 Å². The summed E-state index contributed by atoms with van der Waals surface area (Å²) in [6.07, 6.45) is 1.47. The van der Waals surface area contributed by atoms with Crippen LogP contribution in [0.1, 0.15) is 0 Å². The Labute approximate surface area is 77.4 Å². The molecule has 6 heteroatoms. The monoisotopic (exact) mass is 195 g/mol. The van der Waals surface area contributed by atoms with Crippen LogP contribution in [0.15, 0.2) is 27.6 Å². The van der Waals surface area contributed by atoms with E-state index < -0.39 is 0 Å². The zero-order chi connectivity index (χ0) is 9.26. The van der Waals surface area contributed by atoms with Crippen molar-refractivity contribution in [2.45, 2.75) is 0 Å². The van der Waals surface area contributed by atoms with Gasteiger partial charge < -0.3 is 4.42 Å². The minimum Gasteiger partial charge on any atom is -0.462 e. The smallest absolute Gasteiger partial charge is 0.281 e. The molecule has 0 radical (unpaired) electrons. The topological polar surface area (TPSA) is 74.7 Å². The van der Waals surface area contributed by atoms with Crippen molar-refractivity contribution in [1.82, 2.24) is 15.2 Å². The van der Waals surface area contributed by atoms with Gasteiger partial charge in [0.15, 0.2) is 16.2 Å². The molecule has 0 fully saturated rings. The summed E-state index contributed by atoms with van der Waals surface area (Å²) in [6.45, 7) is 0. The Morgan fingerprint density at radius 3 is 3.00 bits per heavy atom. The number of hydrogen-bond donors (Lipinski definition) is 2. The normalized spacial score (nSPS) is 10.2. The van der Waals surface area contributed by atoms with Crippen LogP contribution in [-0.2, 0) is 0 Å². The van der Waals surface area contributed by atoms with Gasteiger partial charge in [-0.05, 0) is 24.4 Å². The molecule has 0 amide bonds. The first-order valence-electron chi connectivity index (χ1n) is 3.50. The van der Waals surface area contributed by atoms with E-state index in [1.54, 1.807) is 12.1 Å². The van der Waals surface area contributed by atoms with Crippen molar-refractivity contribution in [3.8, 4) is 11.5 Å². The second-order valence-corrected chi connectivity index (χ2v) is 2.74. The first-order valence-corrected chi connectivity index (χ1v) is 3.91. The van der Waals surface area contributed by atoms with Crippen molar-refractivity contribution < 1.29 is 4.42 Å². The van der Waals surface area contributed by atoms with Gasteiger partial charge in [0.05, 0.1) is 6.26 Å². The lowest BCUT2D eigenvalue weighted by Gasteiger charge is -1.92. The summed E-state index contributed by atoms with van der Waals surface area (Å²) in [4.78, 5) is 13.7. The number of rotatable bonds is 1. The molecule has 0 aliphatic heterocycles. The fraction of sp³-hybridized carbons (Fsp3) is 0. The van der Waals surface area contributed by atoms with E-state index in [2.05, 4.69) is 27.4 Å². The van der Waals surface area contributed by atoms with Gasteiger partial charge in [0.1, 0.15) is 0 Å². The third kappa shape index (κ3) is 1.43. The fourth-order valence-corrected chi connectivity index (χ4v) is 1.07. The predicted molar refractivity (Wildman–Crippen MR) is 47.7 cm³/mol. The van der Waals surface area contributed by atoms with E-state index in [-0.39, 0.29) is 16.0 Å². The van der Waals surface area contributed by atoms with Crippen molar-refractivity contribution in [2.24, 2.45) is 0 Å². The summed E-state index contributed by atoms with van der Waals surface area (Å²) in [5.74, 6) is 0.410. The quantitative estimate of drug-likeness (QED) is 0.668. The molecular weight excluding hydrogens is 190 g/mol. The minimum atomic E-state index is -0.362. The van der Waals surface area contributed by atoms with Crippen LogP contribution in [0.5, 0.6) is 0 Å². The van der Waals surface area contributed by atoms with Gasteiger partial charge >= 0.3 is 0 Å². The molecule has 2 heterocycles. The lowest BCUT2D eigenvalue weighted by atomic mass is 10.3. The molecular formula is C7H5N3O2S. The first kappa shape index (κ1) is 7.93. The van der Waals surface area contributed by atoms with Gasteiger partial charge in [0.2, 0.25) is 0 Å². The van der Waals surface area contributed by atoms with E-state index in [0.717, 1.165) is 0 Å². The molecule has 2 aromatic heterocycles. The Hall–Kier alpha value is -1.69. The molecule has 0 aliphatic rings. The van der Waals surface area contributed by atoms with Crippen LogP contribution < -0.4 is 5.56 Å².